The van der Waals surface area contributed by atoms with Crippen LogP contribution >= 0.6 is 15.9 Å². The standard InChI is InChI=1S/C10H16BrN3O2/c1-6(2)7(3-4-15)14-9-8(11)10(16)13-5-12-9/h5-7,15H,3-4H2,1-2H3,(H2,12,13,14,16). The molecule has 0 aliphatic heterocycles. The van der Waals surface area contributed by atoms with E-state index in [2.05, 4.69) is 45.1 Å². The molecule has 1 heterocycles. The molecule has 1 aromatic rings. The van der Waals surface area contributed by atoms with Crippen molar-refractivity contribution in [2.75, 3.05) is 11.9 Å². The molecule has 0 spiro atoms. The largest absolute Gasteiger partial charge is 0.396 e. The molecule has 1 atom stereocenters. The summed E-state index contributed by atoms with van der Waals surface area (Å²) in [7, 11) is 0. The van der Waals surface area contributed by atoms with Crippen LogP contribution in [-0.4, -0.2) is 27.7 Å². The van der Waals surface area contributed by atoms with E-state index in [0.717, 1.165) is 0 Å². The molecule has 0 aliphatic carbocycles. The van der Waals surface area contributed by atoms with Gasteiger partial charge in [0.1, 0.15) is 10.3 Å². The number of H-pyrrole nitrogens is 1. The molecule has 0 fully saturated rings. The third kappa shape index (κ3) is 3.31. The van der Waals surface area contributed by atoms with Gasteiger partial charge in [-0.15, -0.1) is 0 Å². The second-order valence-corrected chi connectivity index (χ2v) is 4.69. The number of rotatable bonds is 5. The summed E-state index contributed by atoms with van der Waals surface area (Å²) in [6, 6.07) is 0.0931. The summed E-state index contributed by atoms with van der Waals surface area (Å²) in [5, 5.41) is 12.1. The fourth-order valence-corrected chi connectivity index (χ4v) is 1.70. The number of hydrogen-bond acceptors (Lipinski definition) is 4. The number of nitrogens with one attached hydrogen (secondary N) is 2. The fraction of sp³-hybridized carbons (Fsp3) is 0.600. The number of nitrogens with zero attached hydrogens (tertiary/aromatic N) is 1. The zero-order valence-corrected chi connectivity index (χ0v) is 10.9. The predicted molar refractivity (Wildman–Crippen MR) is 66.5 cm³/mol. The Morgan fingerprint density at radius 3 is 2.88 bits per heavy atom. The molecule has 90 valence electrons. The molecule has 5 nitrogen and oxygen atoms in total. The smallest absolute Gasteiger partial charge is 0.267 e. The fourth-order valence-electron chi connectivity index (χ4n) is 1.37. The Morgan fingerprint density at radius 2 is 2.31 bits per heavy atom. The average Bonchev–Trinajstić information content (AvgIpc) is 2.23. The van der Waals surface area contributed by atoms with Gasteiger partial charge in [-0.2, -0.15) is 0 Å². The maximum absolute atomic E-state index is 11.3. The van der Waals surface area contributed by atoms with Gasteiger partial charge < -0.3 is 15.4 Å². The van der Waals surface area contributed by atoms with Crippen molar-refractivity contribution in [1.82, 2.24) is 9.97 Å². The van der Waals surface area contributed by atoms with Crippen LogP contribution in [0.1, 0.15) is 20.3 Å². The topological polar surface area (TPSA) is 78.0 Å². The van der Waals surface area contributed by atoms with E-state index in [9.17, 15) is 4.79 Å². The van der Waals surface area contributed by atoms with Gasteiger partial charge in [-0.05, 0) is 28.3 Å². The third-order valence-electron chi connectivity index (χ3n) is 2.36. The van der Waals surface area contributed by atoms with Crippen molar-refractivity contribution < 1.29 is 5.11 Å². The van der Waals surface area contributed by atoms with Gasteiger partial charge in [0.05, 0.1) is 6.33 Å². The van der Waals surface area contributed by atoms with E-state index < -0.39 is 0 Å². The number of aromatic amines is 1. The lowest BCUT2D eigenvalue weighted by atomic mass is 10.0. The van der Waals surface area contributed by atoms with E-state index in [1.54, 1.807) is 0 Å². The molecule has 6 heteroatoms. The molecule has 1 aromatic heterocycles. The molecular formula is C10H16BrN3O2. The van der Waals surface area contributed by atoms with E-state index in [0.29, 0.717) is 22.6 Å². The SMILES string of the molecule is CC(C)C(CCO)Nc1nc[nH]c(=O)c1Br. The average molecular weight is 290 g/mol. The second kappa shape index (κ2) is 6.00. The first-order chi connectivity index (χ1) is 7.56. The maximum atomic E-state index is 11.3. The van der Waals surface area contributed by atoms with Gasteiger partial charge in [0.2, 0.25) is 0 Å². The van der Waals surface area contributed by atoms with Crippen LogP contribution in [0.4, 0.5) is 5.82 Å². The Balaban J connectivity index is 2.85. The summed E-state index contributed by atoms with van der Waals surface area (Å²) in [6.45, 7) is 4.21. The minimum Gasteiger partial charge on any atom is -0.396 e. The minimum atomic E-state index is -0.219. The van der Waals surface area contributed by atoms with Gasteiger partial charge in [-0.1, -0.05) is 13.8 Å². The van der Waals surface area contributed by atoms with E-state index in [1.807, 2.05) is 0 Å². The minimum absolute atomic E-state index is 0.0931. The Morgan fingerprint density at radius 1 is 1.62 bits per heavy atom. The lowest BCUT2D eigenvalue weighted by Crippen LogP contribution is -2.28. The molecule has 0 amide bonds. The molecule has 0 aliphatic rings. The highest BCUT2D eigenvalue weighted by Crippen LogP contribution is 2.18. The summed E-state index contributed by atoms with van der Waals surface area (Å²) in [5.74, 6) is 0.857. The van der Waals surface area contributed by atoms with Crippen molar-refractivity contribution in [3.63, 3.8) is 0 Å². The van der Waals surface area contributed by atoms with E-state index >= 15 is 0 Å². The quantitative estimate of drug-likeness (QED) is 0.765. The van der Waals surface area contributed by atoms with Gasteiger partial charge in [0.15, 0.2) is 0 Å². The van der Waals surface area contributed by atoms with Crippen LogP contribution in [0.3, 0.4) is 0 Å². The Bertz CT molecular complexity index is 392. The zero-order valence-electron chi connectivity index (χ0n) is 9.33. The summed E-state index contributed by atoms with van der Waals surface area (Å²) in [5.41, 5.74) is -0.219. The monoisotopic (exact) mass is 289 g/mol. The number of anilines is 1. The molecule has 0 saturated heterocycles. The van der Waals surface area contributed by atoms with E-state index in [4.69, 9.17) is 5.11 Å². The highest BCUT2D eigenvalue weighted by molar-refractivity contribution is 9.10. The first kappa shape index (κ1) is 13.2. The molecule has 0 bridgehead atoms. The van der Waals surface area contributed by atoms with Crippen molar-refractivity contribution in [3.8, 4) is 0 Å². The number of aromatic nitrogens is 2. The third-order valence-corrected chi connectivity index (χ3v) is 3.10. The predicted octanol–water partition coefficient (Wildman–Crippen LogP) is 1.35. The summed E-state index contributed by atoms with van der Waals surface area (Å²) in [4.78, 5) is 17.8. The zero-order chi connectivity index (χ0) is 12.1. The van der Waals surface area contributed by atoms with Crippen LogP contribution in [0.2, 0.25) is 0 Å². The highest BCUT2D eigenvalue weighted by Gasteiger charge is 2.15. The van der Waals surface area contributed by atoms with Crippen molar-refractivity contribution in [2.45, 2.75) is 26.3 Å². The van der Waals surface area contributed by atoms with Crippen molar-refractivity contribution in [2.24, 2.45) is 5.92 Å². The summed E-state index contributed by atoms with van der Waals surface area (Å²) >= 11 is 3.18. The number of aliphatic hydroxyl groups excluding tert-OH is 1. The normalized spacial score (nSPS) is 12.8. The second-order valence-electron chi connectivity index (χ2n) is 3.90. The molecule has 1 unspecified atom stereocenters. The number of halogens is 1. The van der Waals surface area contributed by atoms with Crippen molar-refractivity contribution in [3.05, 3.63) is 21.2 Å². The maximum Gasteiger partial charge on any atom is 0.267 e. The molecule has 0 saturated carbocycles. The van der Waals surface area contributed by atoms with Crippen LogP contribution in [0.5, 0.6) is 0 Å². The van der Waals surface area contributed by atoms with Crippen LogP contribution in [0, 0.1) is 5.92 Å². The first-order valence-electron chi connectivity index (χ1n) is 5.16. The van der Waals surface area contributed by atoms with E-state index in [1.165, 1.54) is 6.33 Å². The molecule has 3 N–H and O–H groups in total. The first-order valence-corrected chi connectivity index (χ1v) is 5.96. The highest BCUT2D eigenvalue weighted by atomic mass is 79.9. The van der Waals surface area contributed by atoms with Crippen molar-refractivity contribution >= 4 is 21.7 Å². The number of hydrogen-bond donors (Lipinski definition) is 3. The van der Waals surface area contributed by atoms with E-state index in [-0.39, 0.29) is 18.2 Å². The molecule has 0 radical (unpaired) electrons. The van der Waals surface area contributed by atoms with Crippen LogP contribution in [0.25, 0.3) is 0 Å². The van der Waals surface area contributed by atoms with Gasteiger partial charge in [0.25, 0.3) is 5.56 Å². The van der Waals surface area contributed by atoms with Gasteiger partial charge in [-0.25, -0.2) is 4.98 Å². The molecule has 1 rings (SSSR count). The Kier molecular flexibility index (Phi) is 4.95. The van der Waals surface area contributed by atoms with Crippen LogP contribution < -0.4 is 10.9 Å². The molecule has 0 aromatic carbocycles. The lowest BCUT2D eigenvalue weighted by Gasteiger charge is -2.22. The molecular weight excluding hydrogens is 274 g/mol. The van der Waals surface area contributed by atoms with Crippen LogP contribution in [0.15, 0.2) is 15.6 Å². The lowest BCUT2D eigenvalue weighted by molar-refractivity contribution is 0.267. The van der Waals surface area contributed by atoms with Crippen molar-refractivity contribution in [1.29, 1.82) is 0 Å². The van der Waals surface area contributed by atoms with Gasteiger partial charge in [0, 0.05) is 12.6 Å². The van der Waals surface area contributed by atoms with Gasteiger partial charge in [-0.3, -0.25) is 4.79 Å². The Labute approximate surface area is 102 Å². The summed E-state index contributed by atoms with van der Waals surface area (Å²) < 4.78 is 0.388. The number of aliphatic hydroxyl groups is 1. The molecule has 16 heavy (non-hydrogen) atoms. The van der Waals surface area contributed by atoms with Gasteiger partial charge >= 0.3 is 0 Å². The summed E-state index contributed by atoms with van der Waals surface area (Å²) in [6.07, 6.45) is 1.98. The Hall–Kier alpha value is -0.880. The van der Waals surface area contributed by atoms with Crippen LogP contribution in [-0.2, 0) is 0 Å².